The van der Waals surface area contributed by atoms with Crippen molar-refractivity contribution in [3.63, 3.8) is 0 Å². The van der Waals surface area contributed by atoms with Gasteiger partial charge in [-0.05, 0) is 29.8 Å². The van der Waals surface area contributed by atoms with Crippen LogP contribution in [0.4, 0.5) is 0 Å². The first-order valence-electron chi connectivity index (χ1n) is 7.91. The standard InChI is InChI=1S/C20H16N2O3S/c23-19(10-9-17-13-26-14-22-17)25-18-8-4-7-16(11-18)20(24)21-12-15-5-2-1-3-6-15/h1-11,13-14H,12H2,(H,21,24)/b10-9+. The van der Waals surface area contributed by atoms with E-state index in [9.17, 15) is 9.59 Å². The van der Waals surface area contributed by atoms with Crippen LogP contribution in [0.1, 0.15) is 21.6 Å². The van der Waals surface area contributed by atoms with Gasteiger partial charge in [-0.3, -0.25) is 4.79 Å². The molecule has 0 unspecified atom stereocenters. The first-order valence-corrected chi connectivity index (χ1v) is 8.85. The summed E-state index contributed by atoms with van der Waals surface area (Å²) in [5.74, 6) is -0.449. The van der Waals surface area contributed by atoms with E-state index in [1.54, 1.807) is 29.8 Å². The summed E-state index contributed by atoms with van der Waals surface area (Å²) in [5, 5.41) is 4.66. The van der Waals surface area contributed by atoms with Gasteiger partial charge in [0.1, 0.15) is 5.75 Å². The number of hydrogen-bond acceptors (Lipinski definition) is 5. The molecule has 1 N–H and O–H groups in total. The summed E-state index contributed by atoms with van der Waals surface area (Å²) >= 11 is 1.44. The lowest BCUT2D eigenvalue weighted by Crippen LogP contribution is -2.22. The van der Waals surface area contributed by atoms with Crippen molar-refractivity contribution in [3.05, 3.63) is 88.4 Å². The van der Waals surface area contributed by atoms with Crippen molar-refractivity contribution in [2.75, 3.05) is 0 Å². The Morgan fingerprint density at radius 2 is 1.96 bits per heavy atom. The molecule has 0 fully saturated rings. The Morgan fingerprint density at radius 3 is 2.73 bits per heavy atom. The number of nitrogens with one attached hydrogen (secondary N) is 1. The van der Waals surface area contributed by atoms with Gasteiger partial charge in [-0.1, -0.05) is 36.4 Å². The number of thiazole rings is 1. The smallest absolute Gasteiger partial charge is 0.336 e. The van der Waals surface area contributed by atoms with Crippen molar-refractivity contribution in [1.29, 1.82) is 0 Å². The summed E-state index contributed by atoms with van der Waals surface area (Å²) < 4.78 is 5.24. The van der Waals surface area contributed by atoms with Gasteiger partial charge in [-0.2, -0.15) is 0 Å². The molecule has 3 rings (SSSR count). The second-order valence-electron chi connectivity index (χ2n) is 5.36. The number of benzene rings is 2. The summed E-state index contributed by atoms with van der Waals surface area (Å²) in [6.45, 7) is 0.431. The van der Waals surface area contributed by atoms with Gasteiger partial charge >= 0.3 is 5.97 Å². The molecule has 1 amide bonds. The number of amides is 1. The topological polar surface area (TPSA) is 68.3 Å². The SMILES string of the molecule is O=C(/C=C/c1cscn1)Oc1cccc(C(=O)NCc2ccccc2)c1. The molecule has 0 aliphatic rings. The zero-order chi connectivity index (χ0) is 18.2. The Hall–Kier alpha value is -3.25. The second-order valence-corrected chi connectivity index (χ2v) is 6.08. The van der Waals surface area contributed by atoms with E-state index in [0.717, 1.165) is 5.56 Å². The van der Waals surface area contributed by atoms with E-state index in [-0.39, 0.29) is 5.91 Å². The third-order valence-electron chi connectivity index (χ3n) is 3.45. The maximum atomic E-state index is 12.3. The van der Waals surface area contributed by atoms with Gasteiger partial charge in [-0.15, -0.1) is 11.3 Å². The van der Waals surface area contributed by atoms with Crippen LogP contribution in [-0.2, 0) is 11.3 Å². The number of hydrogen-bond donors (Lipinski definition) is 1. The molecule has 0 saturated carbocycles. The van der Waals surface area contributed by atoms with Gasteiger partial charge < -0.3 is 10.1 Å². The summed E-state index contributed by atoms with van der Waals surface area (Å²) in [6.07, 6.45) is 2.88. The van der Waals surface area contributed by atoms with E-state index in [4.69, 9.17) is 4.74 Å². The first-order chi connectivity index (χ1) is 12.7. The minimum atomic E-state index is -0.528. The van der Waals surface area contributed by atoms with Crippen molar-refractivity contribution in [2.45, 2.75) is 6.54 Å². The average molecular weight is 364 g/mol. The Morgan fingerprint density at radius 1 is 1.12 bits per heavy atom. The monoisotopic (exact) mass is 364 g/mol. The third kappa shape index (κ3) is 5.12. The van der Waals surface area contributed by atoms with Crippen LogP contribution in [0, 0.1) is 0 Å². The molecule has 0 atom stereocenters. The van der Waals surface area contributed by atoms with Crippen LogP contribution in [0.5, 0.6) is 5.75 Å². The van der Waals surface area contributed by atoms with Crippen LogP contribution in [0.3, 0.4) is 0 Å². The molecule has 6 heteroatoms. The predicted molar refractivity (Wildman–Crippen MR) is 101 cm³/mol. The number of aromatic nitrogens is 1. The Balaban J connectivity index is 1.58. The van der Waals surface area contributed by atoms with Crippen LogP contribution in [0.15, 0.2) is 71.6 Å². The molecule has 5 nitrogen and oxygen atoms in total. The molecule has 0 aliphatic heterocycles. The summed E-state index contributed by atoms with van der Waals surface area (Å²) in [5.41, 5.74) is 3.81. The van der Waals surface area contributed by atoms with Gasteiger partial charge in [0.05, 0.1) is 11.2 Å². The minimum Gasteiger partial charge on any atom is -0.423 e. The molecule has 0 bridgehead atoms. The summed E-state index contributed by atoms with van der Waals surface area (Å²) in [6, 6.07) is 16.1. The van der Waals surface area contributed by atoms with E-state index in [0.29, 0.717) is 23.6 Å². The highest BCUT2D eigenvalue weighted by Gasteiger charge is 2.08. The lowest BCUT2D eigenvalue weighted by atomic mass is 10.2. The van der Waals surface area contributed by atoms with Crippen LogP contribution < -0.4 is 10.1 Å². The molecule has 26 heavy (non-hydrogen) atoms. The molecule has 3 aromatic rings. The Labute approximate surface area is 155 Å². The zero-order valence-electron chi connectivity index (χ0n) is 13.8. The van der Waals surface area contributed by atoms with E-state index in [1.807, 2.05) is 35.7 Å². The normalized spacial score (nSPS) is 10.6. The van der Waals surface area contributed by atoms with E-state index >= 15 is 0 Å². The zero-order valence-corrected chi connectivity index (χ0v) is 14.6. The number of nitrogens with zero attached hydrogens (tertiary/aromatic N) is 1. The first kappa shape index (κ1) is 17.6. The summed E-state index contributed by atoms with van der Waals surface area (Å²) in [4.78, 5) is 28.2. The number of ether oxygens (including phenoxy) is 1. The van der Waals surface area contributed by atoms with Gasteiger partial charge in [0, 0.05) is 23.6 Å². The van der Waals surface area contributed by atoms with Crippen molar-refractivity contribution in [1.82, 2.24) is 10.3 Å². The molecule has 0 radical (unpaired) electrons. The number of esters is 1. The Bertz CT molecular complexity index is 906. The minimum absolute atomic E-state index is 0.232. The van der Waals surface area contributed by atoms with Crippen LogP contribution >= 0.6 is 11.3 Å². The van der Waals surface area contributed by atoms with Crippen molar-refractivity contribution in [2.24, 2.45) is 0 Å². The highest BCUT2D eigenvalue weighted by atomic mass is 32.1. The molecule has 0 saturated heterocycles. The largest absolute Gasteiger partial charge is 0.423 e. The van der Waals surface area contributed by atoms with Crippen LogP contribution in [-0.4, -0.2) is 16.9 Å². The van der Waals surface area contributed by atoms with Crippen molar-refractivity contribution in [3.8, 4) is 5.75 Å². The van der Waals surface area contributed by atoms with Crippen LogP contribution in [0.2, 0.25) is 0 Å². The summed E-state index contributed by atoms with van der Waals surface area (Å²) in [7, 11) is 0. The van der Waals surface area contributed by atoms with Crippen molar-refractivity contribution < 1.29 is 14.3 Å². The molecule has 0 aliphatic carbocycles. The fourth-order valence-corrected chi connectivity index (χ4v) is 2.71. The van der Waals surface area contributed by atoms with Gasteiger partial charge in [0.25, 0.3) is 5.91 Å². The fourth-order valence-electron chi connectivity index (χ4n) is 2.19. The molecule has 1 aromatic heterocycles. The molecule has 1 heterocycles. The fraction of sp³-hybridized carbons (Fsp3) is 0.0500. The lowest BCUT2D eigenvalue weighted by molar-refractivity contribution is -0.128. The molecule has 0 spiro atoms. The van der Waals surface area contributed by atoms with Gasteiger partial charge in [-0.25, -0.2) is 9.78 Å². The van der Waals surface area contributed by atoms with Crippen molar-refractivity contribution >= 4 is 29.3 Å². The highest BCUT2D eigenvalue weighted by Crippen LogP contribution is 2.14. The van der Waals surface area contributed by atoms with Gasteiger partial charge in [0.15, 0.2) is 0 Å². The van der Waals surface area contributed by atoms with E-state index < -0.39 is 5.97 Å². The highest BCUT2D eigenvalue weighted by molar-refractivity contribution is 7.07. The number of carbonyl (C=O) groups excluding carboxylic acids is 2. The van der Waals surface area contributed by atoms with E-state index in [2.05, 4.69) is 10.3 Å². The second kappa shape index (κ2) is 8.73. The molecular formula is C20H16N2O3S. The number of rotatable bonds is 6. The average Bonchev–Trinajstić information content (AvgIpc) is 3.19. The Kier molecular flexibility index (Phi) is 5.90. The maximum Gasteiger partial charge on any atom is 0.336 e. The van der Waals surface area contributed by atoms with Gasteiger partial charge in [0.2, 0.25) is 0 Å². The lowest BCUT2D eigenvalue weighted by Gasteiger charge is -2.07. The molecule has 2 aromatic carbocycles. The molecular weight excluding hydrogens is 348 g/mol. The van der Waals surface area contributed by atoms with E-state index in [1.165, 1.54) is 23.5 Å². The quantitative estimate of drug-likeness (QED) is 0.411. The maximum absolute atomic E-state index is 12.3. The predicted octanol–water partition coefficient (Wildman–Crippen LogP) is 3.69. The number of carbonyl (C=O) groups is 2. The molecule has 130 valence electrons. The third-order valence-corrected chi connectivity index (χ3v) is 4.06. The van der Waals surface area contributed by atoms with Crippen LogP contribution in [0.25, 0.3) is 6.08 Å².